The Kier molecular flexibility index (Phi) is 5.76. The number of rotatable bonds is 3. The van der Waals surface area contributed by atoms with Crippen molar-refractivity contribution >= 4 is 41.3 Å². The van der Waals surface area contributed by atoms with E-state index in [4.69, 9.17) is 17.3 Å². The summed E-state index contributed by atoms with van der Waals surface area (Å²) < 4.78 is 0. The number of halogens is 2. The topological polar surface area (TPSA) is 55.1 Å². The Balaban J connectivity index is 0.00000225. The molecule has 0 spiro atoms. The molecule has 0 aromatic carbocycles. The molecule has 0 aliphatic rings. The zero-order chi connectivity index (χ0) is 11.6. The summed E-state index contributed by atoms with van der Waals surface area (Å²) in [5, 5.41) is 5.16. The summed E-state index contributed by atoms with van der Waals surface area (Å²) in [7, 11) is 0. The fourth-order valence-electron chi connectivity index (χ4n) is 0.971. The van der Waals surface area contributed by atoms with Crippen molar-refractivity contribution in [2.45, 2.75) is 26.3 Å². The lowest BCUT2D eigenvalue weighted by Crippen LogP contribution is -2.45. The van der Waals surface area contributed by atoms with Crippen molar-refractivity contribution < 1.29 is 4.79 Å². The van der Waals surface area contributed by atoms with Gasteiger partial charge in [-0.1, -0.05) is 11.6 Å². The highest BCUT2D eigenvalue weighted by molar-refractivity contribution is 7.13. The van der Waals surface area contributed by atoms with Crippen molar-refractivity contribution in [2.24, 2.45) is 5.73 Å². The molecule has 0 aliphatic heterocycles. The number of thiophene rings is 1. The second-order valence-corrected chi connectivity index (χ2v) is 5.49. The third-order valence-corrected chi connectivity index (χ3v) is 3.51. The van der Waals surface area contributed by atoms with Crippen LogP contribution >= 0.6 is 35.3 Å². The SMILES string of the molecule is Cc1csc(C(=O)NCC(C)(C)N)c1Cl.Cl. The standard InChI is InChI=1S/C10H15ClN2OS.ClH/c1-6-4-15-8(7(6)11)9(14)13-5-10(2,3)12;/h4H,5,12H2,1-3H3,(H,13,14);1H. The Hall–Kier alpha value is -0.290. The van der Waals surface area contributed by atoms with Crippen LogP contribution in [0.1, 0.15) is 29.1 Å². The third kappa shape index (κ3) is 4.29. The zero-order valence-corrected chi connectivity index (χ0v) is 11.9. The van der Waals surface area contributed by atoms with Crippen LogP contribution in [0.15, 0.2) is 5.38 Å². The Morgan fingerprint density at radius 2 is 2.19 bits per heavy atom. The number of hydrogen-bond donors (Lipinski definition) is 2. The third-order valence-electron chi connectivity index (χ3n) is 1.81. The Morgan fingerprint density at radius 1 is 1.62 bits per heavy atom. The van der Waals surface area contributed by atoms with Gasteiger partial charge < -0.3 is 11.1 Å². The Labute approximate surface area is 111 Å². The highest BCUT2D eigenvalue weighted by atomic mass is 35.5. The quantitative estimate of drug-likeness (QED) is 0.896. The van der Waals surface area contributed by atoms with Gasteiger partial charge in [-0.3, -0.25) is 4.79 Å². The fourth-order valence-corrected chi connectivity index (χ4v) is 2.17. The zero-order valence-electron chi connectivity index (χ0n) is 9.46. The molecule has 92 valence electrons. The number of amides is 1. The summed E-state index contributed by atoms with van der Waals surface area (Å²) in [5.74, 6) is -0.156. The van der Waals surface area contributed by atoms with Crippen LogP contribution in [0, 0.1) is 6.92 Å². The van der Waals surface area contributed by atoms with Gasteiger partial charge in [-0.05, 0) is 31.7 Å². The molecule has 0 bridgehead atoms. The molecule has 1 rings (SSSR count). The van der Waals surface area contributed by atoms with Gasteiger partial charge in [0, 0.05) is 12.1 Å². The van der Waals surface area contributed by atoms with E-state index in [0.717, 1.165) is 5.56 Å². The molecule has 0 atom stereocenters. The first-order valence-corrected chi connectivity index (χ1v) is 5.88. The highest BCUT2D eigenvalue weighted by Crippen LogP contribution is 2.26. The average molecular weight is 283 g/mol. The molecule has 1 heterocycles. The first-order valence-electron chi connectivity index (χ1n) is 4.62. The van der Waals surface area contributed by atoms with Crippen LogP contribution in [0.2, 0.25) is 5.02 Å². The van der Waals surface area contributed by atoms with Gasteiger partial charge in [-0.2, -0.15) is 0 Å². The normalized spacial score (nSPS) is 10.8. The molecule has 0 fully saturated rings. The van der Waals surface area contributed by atoms with Crippen LogP contribution in [-0.4, -0.2) is 18.0 Å². The Bertz CT molecular complexity index is 371. The lowest BCUT2D eigenvalue weighted by atomic mass is 10.1. The van der Waals surface area contributed by atoms with Crippen LogP contribution in [-0.2, 0) is 0 Å². The fraction of sp³-hybridized carbons (Fsp3) is 0.500. The second-order valence-electron chi connectivity index (χ2n) is 4.23. The lowest BCUT2D eigenvalue weighted by molar-refractivity contribution is 0.0950. The number of hydrogen-bond acceptors (Lipinski definition) is 3. The van der Waals surface area contributed by atoms with Crippen LogP contribution in [0.5, 0.6) is 0 Å². The summed E-state index contributed by atoms with van der Waals surface area (Å²) in [6.45, 7) is 6.02. The van der Waals surface area contributed by atoms with E-state index < -0.39 is 5.54 Å². The van der Waals surface area contributed by atoms with Gasteiger partial charge in [0.15, 0.2) is 0 Å². The molecule has 0 radical (unpaired) electrons. The summed E-state index contributed by atoms with van der Waals surface area (Å²) in [4.78, 5) is 12.2. The monoisotopic (exact) mass is 282 g/mol. The van der Waals surface area contributed by atoms with Gasteiger partial charge in [0.05, 0.1) is 5.02 Å². The summed E-state index contributed by atoms with van der Waals surface area (Å²) in [5.41, 5.74) is 6.28. The predicted octanol–water partition coefficient (Wildman–Crippen LogP) is 2.60. The van der Waals surface area contributed by atoms with E-state index in [-0.39, 0.29) is 18.3 Å². The number of carbonyl (C=O) groups is 1. The van der Waals surface area contributed by atoms with E-state index in [9.17, 15) is 4.79 Å². The molecule has 0 saturated heterocycles. The van der Waals surface area contributed by atoms with Crippen LogP contribution in [0.3, 0.4) is 0 Å². The minimum absolute atomic E-state index is 0. The molecule has 1 amide bonds. The van der Waals surface area contributed by atoms with E-state index >= 15 is 0 Å². The van der Waals surface area contributed by atoms with Crippen molar-refractivity contribution in [3.63, 3.8) is 0 Å². The van der Waals surface area contributed by atoms with Gasteiger partial charge in [0.2, 0.25) is 0 Å². The molecule has 3 N–H and O–H groups in total. The molecular weight excluding hydrogens is 267 g/mol. The van der Waals surface area contributed by atoms with Crippen LogP contribution < -0.4 is 11.1 Å². The smallest absolute Gasteiger partial charge is 0.262 e. The lowest BCUT2D eigenvalue weighted by Gasteiger charge is -2.18. The summed E-state index contributed by atoms with van der Waals surface area (Å²) in [6.07, 6.45) is 0. The molecule has 1 aromatic heterocycles. The van der Waals surface area contributed by atoms with Gasteiger partial charge in [-0.15, -0.1) is 23.7 Å². The molecule has 0 saturated carbocycles. The summed E-state index contributed by atoms with van der Waals surface area (Å²) >= 11 is 7.32. The van der Waals surface area contributed by atoms with Crippen LogP contribution in [0.25, 0.3) is 0 Å². The molecule has 16 heavy (non-hydrogen) atoms. The predicted molar refractivity (Wildman–Crippen MR) is 71.9 cm³/mol. The van der Waals surface area contributed by atoms with E-state index in [1.54, 1.807) is 0 Å². The molecule has 3 nitrogen and oxygen atoms in total. The van der Waals surface area contributed by atoms with E-state index in [0.29, 0.717) is 16.4 Å². The van der Waals surface area contributed by atoms with E-state index in [1.165, 1.54) is 11.3 Å². The first-order chi connectivity index (χ1) is 6.81. The second kappa shape index (κ2) is 5.87. The van der Waals surface area contributed by atoms with Crippen molar-refractivity contribution in [1.82, 2.24) is 5.32 Å². The van der Waals surface area contributed by atoms with E-state index in [1.807, 2.05) is 26.2 Å². The van der Waals surface area contributed by atoms with Crippen molar-refractivity contribution in [2.75, 3.05) is 6.54 Å². The molecule has 0 aliphatic carbocycles. The maximum atomic E-state index is 11.7. The Morgan fingerprint density at radius 3 is 2.56 bits per heavy atom. The number of aryl methyl sites for hydroxylation is 1. The average Bonchev–Trinajstić information content (AvgIpc) is 2.43. The van der Waals surface area contributed by atoms with Crippen molar-refractivity contribution in [3.8, 4) is 0 Å². The number of nitrogens with two attached hydrogens (primary N) is 1. The van der Waals surface area contributed by atoms with Crippen LogP contribution in [0.4, 0.5) is 0 Å². The van der Waals surface area contributed by atoms with Crippen molar-refractivity contribution in [1.29, 1.82) is 0 Å². The van der Waals surface area contributed by atoms with Gasteiger partial charge in [0.1, 0.15) is 4.88 Å². The minimum Gasteiger partial charge on any atom is -0.349 e. The number of carbonyl (C=O) groups excluding carboxylic acids is 1. The minimum atomic E-state index is -0.408. The number of nitrogens with one attached hydrogen (secondary N) is 1. The largest absolute Gasteiger partial charge is 0.349 e. The van der Waals surface area contributed by atoms with Gasteiger partial charge in [-0.25, -0.2) is 0 Å². The molecule has 1 aromatic rings. The maximum absolute atomic E-state index is 11.7. The summed E-state index contributed by atoms with van der Waals surface area (Å²) in [6, 6.07) is 0. The molecule has 6 heteroatoms. The molecule has 0 unspecified atom stereocenters. The maximum Gasteiger partial charge on any atom is 0.262 e. The van der Waals surface area contributed by atoms with E-state index in [2.05, 4.69) is 5.32 Å². The highest BCUT2D eigenvalue weighted by Gasteiger charge is 2.17. The first kappa shape index (κ1) is 15.7. The van der Waals surface area contributed by atoms with Gasteiger partial charge >= 0.3 is 0 Å². The van der Waals surface area contributed by atoms with Gasteiger partial charge in [0.25, 0.3) is 5.91 Å². The molecular formula is C10H16Cl2N2OS. The van der Waals surface area contributed by atoms with Crippen molar-refractivity contribution in [3.05, 3.63) is 20.8 Å².